The number of ether oxygens (including phenoxy) is 1. The second-order valence-corrected chi connectivity index (χ2v) is 6.09. The van der Waals surface area contributed by atoms with E-state index in [9.17, 15) is 13.2 Å². The normalized spacial score (nSPS) is 13.0. The van der Waals surface area contributed by atoms with Crippen LogP contribution in [0.5, 0.6) is 5.75 Å². The van der Waals surface area contributed by atoms with Crippen LogP contribution in [0.15, 0.2) is 27.6 Å². The van der Waals surface area contributed by atoms with Crippen LogP contribution in [0, 0.1) is 0 Å². The number of aliphatic carboxylic acids is 1. The summed E-state index contributed by atoms with van der Waals surface area (Å²) < 4.78 is 31.0. The highest BCUT2D eigenvalue weighted by Gasteiger charge is 2.21. The molecule has 1 aromatic rings. The summed E-state index contributed by atoms with van der Waals surface area (Å²) >= 11 is 3.08. The predicted octanol–water partition coefficient (Wildman–Crippen LogP) is 0.182. The van der Waals surface area contributed by atoms with E-state index in [4.69, 9.17) is 14.9 Å². The second kappa shape index (κ2) is 6.33. The Morgan fingerprint density at radius 1 is 1.53 bits per heavy atom. The van der Waals surface area contributed by atoms with Crippen molar-refractivity contribution in [1.82, 2.24) is 4.72 Å². The van der Waals surface area contributed by atoms with Crippen LogP contribution in [-0.4, -0.2) is 44.4 Å². The van der Waals surface area contributed by atoms with Gasteiger partial charge >= 0.3 is 5.97 Å². The van der Waals surface area contributed by atoms with Crippen LogP contribution in [0.3, 0.4) is 0 Å². The number of hydrogen-bond donors (Lipinski definition) is 3. The number of carbonyl (C=O) groups is 1. The van der Waals surface area contributed by atoms with Crippen LogP contribution < -0.4 is 9.46 Å². The zero-order chi connectivity index (χ0) is 14.6. The lowest BCUT2D eigenvalue weighted by Crippen LogP contribution is -2.36. The Hall–Kier alpha value is -1.16. The van der Waals surface area contributed by atoms with E-state index in [2.05, 4.69) is 15.9 Å². The number of benzene rings is 1. The molecule has 1 aromatic carbocycles. The van der Waals surface area contributed by atoms with Gasteiger partial charge in [0.25, 0.3) is 0 Å². The van der Waals surface area contributed by atoms with Crippen molar-refractivity contribution in [1.29, 1.82) is 0 Å². The van der Waals surface area contributed by atoms with E-state index in [0.717, 1.165) is 0 Å². The summed E-state index contributed by atoms with van der Waals surface area (Å²) in [6, 6.07) is 4.22. The molecule has 0 fully saturated rings. The van der Waals surface area contributed by atoms with Crippen molar-refractivity contribution in [3.05, 3.63) is 22.7 Å². The molecule has 3 N–H and O–H groups in total. The summed E-state index contributed by atoms with van der Waals surface area (Å²) in [6.07, 6.45) is -1.80. The van der Waals surface area contributed by atoms with Gasteiger partial charge in [-0.2, -0.15) is 0 Å². The van der Waals surface area contributed by atoms with Crippen LogP contribution in [0.25, 0.3) is 0 Å². The minimum atomic E-state index is -3.92. The molecule has 0 amide bonds. The van der Waals surface area contributed by atoms with Crippen LogP contribution in [0.4, 0.5) is 0 Å². The number of nitrogens with one attached hydrogen (secondary N) is 1. The number of methoxy groups -OCH3 is 1. The van der Waals surface area contributed by atoms with Gasteiger partial charge in [-0.1, -0.05) is 0 Å². The Kier molecular flexibility index (Phi) is 5.29. The highest BCUT2D eigenvalue weighted by Crippen LogP contribution is 2.26. The first-order valence-electron chi connectivity index (χ1n) is 5.02. The summed E-state index contributed by atoms with van der Waals surface area (Å²) in [5, 5.41) is 17.5. The SMILES string of the molecule is COc1ccc(S(=O)(=O)NC[C@H](O)C(=O)O)c(Br)c1. The Morgan fingerprint density at radius 2 is 2.16 bits per heavy atom. The van der Waals surface area contributed by atoms with Crippen molar-refractivity contribution in [2.24, 2.45) is 0 Å². The minimum Gasteiger partial charge on any atom is -0.497 e. The summed E-state index contributed by atoms with van der Waals surface area (Å²) in [5.74, 6) is -1.03. The number of aliphatic hydroxyl groups excluding tert-OH is 1. The summed E-state index contributed by atoms with van der Waals surface area (Å²) in [6.45, 7) is -0.615. The average Bonchev–Trinajstić information content (AvgIpc) is 2.35. The molecule has 0 saturated carbocycles. The van der Waals surface area contributed by atoms with Gasteiger partial charge in [0, 0.05) is 11.0 Å². The van der Waals surface area contributed by atoms with E-state index in [-0.39, 0.29) is 9.37 Å². The van der Waals surface area contributed by atoms with Crippen molar-refractivity contribution < 1.29 is 28.2 Å². The van der Waals surface area contributed by atoms with E-state index < -0.39 is 28.6 Å². The lowest BCUT2D eigenvalue weighted by molar-refractivity contribution is -0.146. The van der Waals surface area contributed by atoms with Crippen molar-refractivity contribution in [3.8, 4) is 5.75 Å². The van der Waals surface area contributed by atoms with Gasteiger partial charge in [-0.05, 0) is 34.1 Å². The monoisotopic (exact) mass is 353 g/mol. The second-order valence-electron chi connectivity index (χ2n) is 3.50. The average molecular weight is 354 g/mol. The summed E-state index contributed by atoms with van der Waals surface area (Å²) in [7, 11) is -2.48. The molecule has 1 rings (SSSR count). The Balaban J connectivity index is 2.92. The number of carboxylic acids is 1. The molecule has 1 atom stereocenters. The predicted molar refractivity (Wildman–Crippen MR) is 69.5 cm³/mol. The van der Waals surface area contributed by atoms with E-state index in [0.29, 0.717) is 5.75 Å². The molecule has 0 radical (unpaired) electrons. The van der Waals surface area contributed by atoms with Gasteiger partial charge < -0.3 is 14.9 Å². The van der Waals surface area contributed by atoms with E-state index in [1.807, 2.05) is 4.72 Å². The van der Waals surface area contributed by atoms with Crippen molar-refractivity contribution in [2.45, 2.75) is 11.0 Å². The topological polar surface area (TPSA) is 113 Å². The van der Waals surface area contributed by atoms with Crippen molar-refractivity contribution in [3.63, 3.8) is 0 Å². The van der Waals surface area contributed by atoms with Crippen molar-refractivity contribution in [2.75, 3.05) is 13.7 Å². The third-order valence-corrected chi connectivity index (χ3v) is 4.58. The molecule has 7 nitrogen and oxygen atoms in total. The summed E-state index contributed by atoms with van der Waals surface area (Å²) in [4.78, 5) is 10.3. The van der Waals surface area contributed by atoms with E-state index in [1.54, 1.807) is 0 Å². The summed E-state index contributed by atoms with van der Waals surface area (Å²) in [5.41, 5.74) is 0. The minimum absolute atomic E-state index is 0.0779. The fraction of sp³-hybridized carbons (Fsp3) is 0.300. The van der Waals surface area contributed by atoms with Gasteiger partial charge in [0.05, 0.1) is 12.0 Å². The highest BCUT2D eigenvalue weighted by atomic mass is 79.9. The van der Waals surface area contributed by atoms with Gasteiger partial charge in [-0.3, -0.25) is 0 Å². The Morgan fingerprint density at radius 3 is 2.63 bits per heavy atom. The third-order valence-electron chi connectivity index (χ3n) is 2.18. The van der Waals surface area contributed by atoms with Gasteiger partial charge in [-0.15, -0.1) is 0 Å². The molecule has 0 spiro atoms. The molecule has 9 heteroatoms. The maximum atomic E-state index is 11.9. The van der Waals surface area contributed by atoms with E-state index in [1.165, 1.54) is 25.3 Å². The maximum absolute atomic E-state index is 11.9. The maximum Gasteiger partial charge on any atom is 0.333 e. The molecule has 0 aliphatic carbocycles. The number of halogens is 1. The third kappa shape index (κ3) is 4.16. The number of hydrogen-bond acceptors (Lipinski definition) is 5. The zero-order valence-corrected chi connectivity index (χ0v) is 12.2. The van der Waals surface area contributed by atoms with Gasteiger partial charge in [0.2, 0.25) is 10.0 Å². The molecule has 19 heavy (non-hydrogen) atoms. The molecule has 0 heterocycles. The molecule has 0 bridgehead atoms. The fourth-order valence-corrected chi connectivity index (χ4v) is 3.27. The molecule has 106 valence electrons. The van der Waals surface area contributed by atoms with Gasteiger partial charge in [0.1, 0.15) is 5.75 Å². The lowest BCUT2D eigenvalue weighted by atomic mass is 10.3. The largest absolute Gasteiger partial charge is 0.497 e. The molecule has 0 saturated heterocycles. The highest BCUT2D eigenvalue weighted by molar-refractivity contribution is 9.10. The zero-order valence-electron chi connectivity index (χ0n) is 9.83. The Labute approximate surface area is 118 Å². The number of rotatable bonds is 6. The van der Waals surface area contributed by atoms with Crippen LogP contribution >= 0.6 is 15.9 Å². The van der Waals surface area contributed by atoms with Crippen molar-refractivity contribution >= 4 is 31.9 Å². The molecular weight excluding hydrogens is 342 g/mol. The molecule has 0 unspecified atom stereocenters. The fourth-order valence-electron chi connectivity index (χ4n) is 1.18. The van der Waals surface area contributed by atoms with Crippen LogP contribution in [0.2, 0.25) is 0 Å². The first kappa shape index (κ1) is 15.9. The van der Waals surface area contributed by atoms with Crippen LogP contribution in [-0.2, 0) is 14.8 Å². The number of carboxylic acid groups (broad SMARTS) is 1. The Bertz CT molecular complexity index is 573. The number of sulfonamides is 1. The first-order chi connectivity index (χ1) is 8.77. The lowest BCUT2D eigenvalue weighted by Gasteiger charge is -2.11. The quantitative estimate of drug-likeness (QED) is 0.672. The molecule has 0 aliphatic heterocycles. The van der Waals surface area contributed by atoms with E-state index >= 15 is 0 Å². The smallest absolute Gasteiger partial charge is 0.333 e. The molecule has 0 aliphatic rings. The van der Waals surface area contributed by atoms with Gasteiger partial charge in [0.15, 0.2) is 6.10 Å². The standard InChI is InChI=1S/C10H12BrNO6S/c1-18-6-2-3-9(7(11)4-6)19(16,17)12-5-8(13)10(14)15/h2-4,8,12-13H,5H2,1H3,(H,14,15)/t8-/m0/s1. The first-order valence-corrected chi connectivity index (χ1v) is 7.29. The van der Waals surface area contributed by atoms with Crippen LogP contribution in [0.1, 0.15) is 0 Å². The number of aliphatic hydroxyl groups is 1. The molecule has 0 aromatic heterocycles. The molecular formula is C10H12BrNO6S. The van der Waals surface area contributed by atoms with Gasteiger partial charge in [-0.25, -0.2) is 17.9 Å².